The average Bonchev–Trinajstić information content (AvgIpc) is 2.67. The van der Waals surface area contributed by atoms with E-state index in [4.69, 9.17) is 25.7 Å². The molecule has 2 aromatic rings. The molecule has 25 heavy (non-hydrogen) atoms. The summed E-state index contributed by atoms with van der Waals surface area (Å²) in [4.78, 5) is 0. The van der Waals surface area contributed by atoms with E-state index in [2.05, 4.69) is 0 Å². The highest BCUT2D eigenvalue weighted by Crippen LogP contribution is 2.10. The van der Waals surface area contributed by atoms with Crippen LogP contribution >= 0.6 is 0 Å². The van der Waals surface area contributed by atoms with Crippen molar-refractivity contribution in [3.05, 3.63) is 71.8 Å². The van der Waals surface area contributed by atoms with E-state index in [0.29, 0.717) is 39.6 Å². The lowest BCUT2D eigenvalue weighted by molar-refractivity contribution is 0.00967. The Morgan fingerprint density at radius 1 is 0.560 bits per heavy atom. The topological polar surface area (TPSA) is 79.7 Å². The Morgan fingerprint density at radius 2 is 0.920 bits per heavy atom. The van der Waals surface area contributed by atoms with Crippen molar-refractivity contribution in [3.8, 4) is 0 Å². The van der Waals surface area contributed by atoms with Gasteiger partial charge in [0.1, 0.15) is 0 Å². The predicted octanol–water partition coefficient (Wildman–Crippen LogP) is 2.44. The van der Waals surface area contributed by atoms with Crippen molar-refractivity contribution in [2.24, 2.45) is 11.5 Å². The first kappa shape index (κ1) is 19.6. The lowest BCUT2D eigenvalue weighted by Crippen LogP contribution is -2.20. The maximum atomic E-state index is 6.05. The Morgan fingerprint density at radius 3 is 1.32 bits per heavy atom. The molecule has 2 rings (SSSR count). The Kier molecular flexibility index (Phi) is 9.18. The van der Waals surface area contributed by atoms with E-state index in [1.807, 2.05) is 60.7 Å². The van der Waals surface area contributed by atoms with Crippen molar-refractivity contribution in [1.82, 2.24) is 0 Å². The van der Waals surface area contributed by atoms with Crippen LogP contribution in [0.3, 0.4) is 0 Å². The maximum absolute atomic E-state index is 6.05. The molecule has 0 saturated heterocycles. The zero-order valence-corrected chi connectivity index (χ0v) is 14.6. The van der Waals surface area contributed by atoms with Crippen molar-refractivity contribution in [3.63, 3.8) is 0 Å². The molecule has 0 aliphatic heterocycles. The molecule has 0 amide bonds. The van der Waals surface area contributed by atoms with Crippen molar-refractivity contribution in [2.75, 3.05) is 39.6 Å². The van der Waals surface area contributed by atoms with Crippen LogP contribution in [0.2, 0.25) is 0 Å². The second kappa shape index (κ2) is 11.7. The van der Waals surface area contributed by atoms with Crippen LogP contribution in [-0.2, 0) is 14.2 Å². The monoisotopic (exact) mass is 344 g/mol. The third-order valence-electron chi connectivity index (χ3n) is 3.79. The van der Waals surface area contributed by atoms with Gasteiger partial charge in [-0.1, -0.05) is 60.7 Å². The first-order chi connectivity index (χ1) is 12.3. The van der Waals surface area contributed by atoms with Gasteiger partial charge in [0.2, 0.25) is 0 Å². The van der Waals surface area contributed by atoms with Gasteiger partial charge in [0, 0.05) is 0 Å². The summed E-state index contributed by atoms with van der Waals surface area (Å²) in [5.41, 5.74) is 14.3. The minimum absolute atomic E-state index is 0.107. The SMILES string of the molecule is N[C@@H](COCCOCCOC[C@H](N)c1ccccc1)c1ccccc1. The molecule has 0 saturated carbocycles. The van der Waals surface area contributed by atoms with E-state index in [1.54, 1.807) is 0 Å². The lowest BCUT2D eigenvalue weighted by atomic mass is 10.1. The fourth-order valence-electron chi connectivity index (χ4n) is 2.35. The number of hydrogen-bond acceptors (Lipinski definition) is 5. The smallest absolute Gasteiger partial charge is 0.0701 e. The highest BCUT2D eigenvalue weighted by molar-refractivity contribution is 5.19. The van der Waals surface area contributed by atoms with Crippen LogP contribution in [0.25, 0.3) is 0 Å². The van der Waals surface area contributed by atoms with E-state index >= 15 is 0 Å². The summed E-state index contributed by atoms with van der Waals surface area (Å²) >= 11 is 0. The molecule has 4 N–H and O–H groups in total. The highest BCUT2D eigenvalue weighted by Gasteiger charge is 2.06. The first-order valence-corrected chi connectivity index (χ1v) is 8.61. The van der Waals surface area contributed by atoms with Crippen LogP contribution in [0.1, 0.15) is 23.2 Å². The van der Waals surface area contributed by atoms with Crippen molar-refractivity contribution in [1.29, 1.82) is 0 Å². The molecule has 0 aliphatic rings. The van der Waals surface area contributed by atoms with Crippen LogP contribution in [0.5, 0.6) is 0 Å². The first-order valence-electron chi connectivity index (χ1n) is 8.61. The average molecular weight is 344 g/mol. The van der Waals surface area contributed by atoms with Crippen LogP contribution in [0.15, 0.2) is 60.7 Å². The Hall–Kier alpha value is -1.76. The standard InChI is InChI=1S/C20H28N2O3/c21-19(17-7-3-1-4-8-17)15-24-13-11-23-12-14-25-16-20(22)18-9-5-2-6-10-18/h1-10,19-20H,11-16,21-22H2/t19-,20-/m0/s1. The Bertz CT molecular complexity index is 514. The van der Waals surface area contributed by atoms with Crippen molar-refractivity contribution in [2.45, 2.75) is 12.1 Å². The summed E-state index contributed by atoms with van der Waals surface area (Å²) in [7, 11) is 0. The van der Waals surface area contributed by atoms with Crippen LogP contribution in [0.4, 0.5) is 0 Å². The van der Waals surface area contributed by atoms with Gasteiger partial charge in [-0.2, -0.15) is 0 Å². The number of rotatable bonds is 12. The zero-order chi connectivity index (χ0) is 17.7. The van der Waals surface area contributed by atoms with E-state index in [9.17, 15) is 0 Å². The van der Waals surface area contributed by atoms with Crippen LogP contribution in [0, 0.1) is 0 Å². The molecule has 0 aromatic heterocycles. The maximum Gasteiger partial charge on any atom is 0.0701 e. The largest absolute Gasteiger partial charge is 0.377 e. The molecule has 5 heteroatoms. The Balaban J connectivity index is 1.43. The molecule has 0 fully saturated rings. The van der Waals surface area contributed by atoms with E-state index < -0.39 is 0 Å². The molecule has 0 aliphatic carbocycles. The van der Waals surface area contributed by atoms with Gasteiger partial charge < -0.3 is 25.7 Å². The zero-order valence-electron chi connectivity index (χ0n) is 14.6. The normalized spacial score (nSPS) is 13.5. The van der Waals surface area contributed by atoms with E-state index in [1.165, 1.54) is 0 Å². The molecule has 2 aromatic carbocycles. The molecule has 0 unspecified atom stereocenters. The van der Waals surface area contributed by atoms with Gasteiger partial charge in [0.15, 0.2) is 0 Å². The third-order valence-corrected chi connectivity index (χ3v) is 3.79. The molecule has 0 spiro atoms. The second-order valence-electron chi connectivity index (χ2n) is 5.80. The van der Waals surface area contributed by atoms with Crippen LogP contribution in [-0.4, -0.2) is 39.6 Å². The van der Waals surface area contributed by atoms with Crippen molar-refractivity contribution < 1.29 is 14.2 Å². The third kappa shape index (κ3) is 7.77. The van der Waals surface area contributed by atoms with Crippen LogP contribution < -0.4 is 11.5 Å². The number of hydrogen-bond donors (Lipinski definition) is 2. The minimum atomic E-state index is -0.107. The summed E-state index contributed by atoms with van der Waals surface area (Å²) in [5.74, 6) is 0. The van der Waals surface area contributed by atoms with Gasteiger partial charge in [-0.05, 0) is 11.1 Å². The molecule has 0 radical (unpaired) electrons. The highest BCUT2D eigenvalue weighted by atomic mass is 16.5. The summed E-state index contributed by atoms with van der Waals surface area (Å²) in [6.45, 7) is 3.05. The molecule has 136 valence electrons. The predicted molar refractivity (Wildman–Crippen MR) is 99.2 cm³/mol. The Labute approximate surface area is 149 Å². The van der Waals surface area contributed by atoms with E-state index in [0.717, 1.165) is 11.1 Å². The number of ether oxygens (including phenoxy) is 3. The van der Waals surface area contributed by atoms with Crippen molar-refractivity contribution >= 4 is 0 Å². The van der Waals surface area contributed by atoms with Gasteiger partial charge in [-0.25, -0.2) is 0 Å². The quantitative estimate of drug-likeness (QED) is 0.578. The van der Waals surface area contributed by atoms with Gasteiger partial charge >= 0.3 is 0 Å². The van der Waals surface area contributed by atoms with E-state index in [-0.39, 0.29) is 12.1 Å². The summed E-state index contributed by atoms with van der Waals surface area (Å²) < 4.78 is 16.6. The minimum Gasteiger partial charge on any atom is -0.377 e. The molecular formula is C20H28N2O3. The molecule has 0 heterocycles. The lowest BCUT2D eigenvalue weighted by Gasteiger charge is -2.13. The second-order valence-corrected chi connectivity index (χ2v) is 5.80. The summed E-state index contributed by atoms with van der Waals surface area (Å²) in [5, 5.41) is 0. The number of nitrogens with two attached hydrogens (primary N) is 2. The summed E-state index contributed by atoms with van der Waals surface area (Å²) in [6, 6.07) is 19.6. The number of benzene rings is 2. The van der Waals surface area contributed by atoms with Gasteiger partial charge in [-0.3, -0.25) is 0 Å². The van der Waals surface area contributed by atoms with Gasteiger partial charge in [-0.15, -0.1) is 0 Å². The molecule has 5 nitrogen and oxygen atoms in total. The summed E-state index contributed by atoms with van der Waals surface area (Å²) in [6.07, 6.45) is 0. The van der Waals surface area contributed by atoms with Gasteiger partial charge in [0.05, 0.1) is 51.7 Å². The molecule has 2 atom stereocenters. The van der Waals surface area contributed by atoms with Gasteiger partial charge in [0.25, 0.3) is 0 Å². The fraction of sp³-hybridized carbons (Fsp3) is 0.400. The fourth-order valence-corrected chi connectivity index (χ4v) is 2.35. The molecule has 0 bridgehead atoms. The molecular weight excluding hydrogens is 316 g/mol.